The van der Waals surface area contributed by atoms with Crippen LogP contribution in [0.15, 0.2) is 23.7 Å². The second-order valence-electron chi connectivity index (χ2n) is 6.53. The first-order valence-corrected chi connectivity index (χ1v) is 7.06. The SMILES string of the molecule is C=C(C=C1CCCCC1)B1OC(C)(C)C(C)(C)O1. The topological polar surface area (TPSA) is 18.5 Å². The van der Waals surface area contributed by atoms with Crippen LogP contribution < -0.4 is 0 Å². The van der Waals surface area contributed by atoms with Crippen LogP contribution in [0.4, 0.5) is 0 Å². The minimum absolute atomic E-state index is 0.272. The fourth-order valence-electron chi connectivity index (χ4n) is 2.47. The average molecular weight is 248 g/mol. The largest absolute Gasteiger partial charge is 0.494 e. The molecule has 0 amide bonds. The van der Waals surface area contributed by atoms with Gasteiger partial charge in [-0.2, -0.15) is 0 Å². The van der Waals surface area contributed by atoms with E-state index in [1.165, 1.54) is 37.7 Å². The van der Waals surface area contributed by atoms with Gasteiger partial charge in [0, 0.05) is 0 Å². The Bertz CT molecular complexity index is 345. The van der Waals surface area contributed by atoms with E-state index in [9.17, 15) is 0 Å². The summed E-state index contributed by atoms with van der Waals surface area (Å²) < 4.78 is 12.0. The molecule has 1 saturated heterocycles. The summed E-state index contributed by atoms with van der Waals surface area (Å²) in [5.41, 5.74) is 1.92. The summed E-state index contributed by atoms with van der Waals surface area (Å²) in [6.07, 6.45) is 8.59. The molecule has 0 atom stereocenters. The van der Waals surface area contributed by atoms with Crippen molar-refractivity contribution in [3.05, 3.63) is 23.7 Å². The summed E-state index contributed by atoms with van der Waals surface area (Å²) in [6, 6.07) is 0. The molecule has 0 spiro atoms. The molecule has 2 fully saturated rings. The van der Waals surface area contributed by atoms with Gasteiger partial charge >= 0.3 is 7.12 Å². The van der Waals surface area contributed by atoms with Gasteiger partial charge in [-0.3, -0.25) is 0 Å². The van der Waals surface area contributed by atoms with Gasteiger partial charge in [0.1, 0.15) is 0 Å². The maximum atomic E-state index is 6.00. The van der Waals surface area contributed by atoms with Crippen LogP contribution >= 0.6 is 0 Å². The highest BCUT2D eigenvalue weighted by molar-refractivity contribution is 6.55. The minimum atomic E-state index is -0.288. The normalized spacial score (nSPS) is 26.2. The molecular formula is C15H25BO2. The van der Waals surface area contributed by atoms with Crippen molar-refractivity contribution in [1.29, 1.82) is 0 Å². The summed E-state index contributed by atoms with van der Waals surface area (Å²) in [5, 5.41) is 0. The summed E-state index contributed by atoms with van der Waals surface area (Å²) in [4.78, 5) is 0. The number of hydrogen-bond donors (Lipinski definition) is 0. The van der Waals surface area contributed by atoms with E-state index in [0.29, 0.717) is 0 Å². The highest BCUT2D eigenvalue weighted by Crippen LogP contribution is 2.38. The van der Waals surface area contributed by atoms with E-state index in [2.05, 4.69) is 40.3 Å². The van der Waals surface area contributed by atoms with Crippen molar-refractivity contribution in [2.24, 2.45) is 0 Å². The third kappa shape index (κ3) is 2.72. The lowest BCUT2D eigenvalue weighted by atomic mass is 9.77. The zero-order valence-electron chi connectivity index (χ0n) is 12.2. The second kappa shape index (κ2) is 4.86. The van der Waals surface area contributed by atoms with Crippen LogP contribution in [-0.4, -0.2) is 18.3 Å². The lowest BCUT2D eigenvalue weighted by Crippen LogP contribution is -2.41. The second-order valence-corrected chi connectivity index (χ2v) is 6.53. The van der Waals surface area contributed by atoms with Gasteiger partial charge in [-0.15, -0.1) is 0 Å². The molecule has 1 heterocycles. The average Bonchev–Trinajstić information content (AvgIpc) is 2.50. The van der Waals surface area contributed by atoms with Crippen molar-refractivity contribution in [2.75, 3.05) is 0 Å². The van der Waals surface area contributed by atoms with Gasteiger partial charge in [-0.05, 0) is 58.9 Å². The summed E-state index contributed by atoms with van der Waals surface area (Å²) in [6.45, 7) is 12.4. The standard InChI is InChI=1S/C15H25BO2/c1-12(11-13-9-7-6-8-10-13)16-17-14(2,3)15(4,5)18-16/h11H,1,6-10H2,2-5H3. The van der Waals surface area contributed by atoms with Gasteiger partial charge in [-0.25, -0.2) is 0 Å². The number of rotatable bonds is 2. The van der Waals surface area contributed by atoms with E-state index in [-0.39, 0.29) is 18.3 Å². The molecule has 1 aliphatic heterocycles. The Hall–Kier alpha value is -0.535. The molecule has 3 heteroatoms. The minimum Gasteiger partial charge on any atom is -0.399 e. The Morgan fingerprint density at radius 2 is 1.56 bits per heavy atom. The molecule has 0 aromatic carbocycles. The third-order valence-electron chi connectivity index (χ3n) is 4.44. The van der Waals surface area contributed by atoms with Gasteiger partial charge in [-0.1, -0.05) is 24.6 Å². The Labute approximate surface area is 112 Å². The van der Waals surface area contributed by atoms with E-state index < -0.39 is 0 Å². The fourth-order valence-corrected chi connectivity index (χ4v) is 2.47. The maximum Gasteiger partial charge on any atom is 0.494 e. The maximum absolute atomic E-state index is 6.00. The Morgan fingerprint density at radius 1 is 1.06 bits per heavy atom. The van der Waals surface area contributed by atoms with Crippen molar-refractivity contribution in [2.45, 2.75) is 71.0 Å². The predicted molar refractivity (Wildman–Crippen MR) is 76.4 cm³/mol. The highest BCUT2D eigenvalue weighted by Gasteiger charge is 2.51. The molecule has 2 nitrogen and oxygen atoms in total. The van der Waals surface area contributed by atoms with Crippen molar-refractivity contribution in [3.63, 3.8) is 0 Å². The molecule has 0 N–H and O–H groups in total. The first-order chi connectivity index (χ1) is 8.32. The predicted octanol–water partition coefficient (Wildman–Crippen LogP) is 4.06. The molecule has 0 radical (unpaired) electrons. The lowest BCUT2D eigenvalue weighted by Gasteiger charge is -2.32. The Morgan fingerprint density at radius 3 is 2.06 bits per heavy atom. The molecule has 0 bridgehead atoms. The third-order valence-corrected chi connectivity index (χ3v) is 4.44. The van der Waals surface area contributed by atoms with Crippen LogP contribution in [0.25, 0.3) is 0 Å². The zero-order chi connectivity index (χ0) is 13.4. The molecule has 0 unspecified atom stereocenters. The van der Waals surface area contributed by atoms with Crippen LogP contribution in [0.1, 0.15) is 59.8 Å². The molecule has 18 heavy (non-hydrogen) atoms. The molecule has 1 saturated carbocycles. The zero-order valence-corrected chi connectivity index (χ0v) is 12.2. The molecule has 100 valence electrons. The monoisotopic (exact) mass is 248 g/mol. The van der Waals surface area contributed by atoms with Gasteiger partial charge in [0.15, 0.2) is 0 Å². The van der Waals surface area contributed by atoms with E-state index in [1.807, 2.05) is 0 Å². The Kier molecular flexibility index (Phi) is 3.75. The molecule has 1 aliphatic carbocycles. The van der Waals surface area contributed by atoms with E-state index >= 15 is 0 Å². The van der Waals surface area contributed by atoms with Gasteiger partial charge in [0.2, 0.25) is 0 Å². The summed E-state index contributed by atoms with van der Waals surface area (Å²) >= 11 is 0. The van der Waals surface area contributed by atoms with E-state index in [4.69, 9.17) is 9.31 Å². The van der Waals surface area contributed by atoms with Crippen molar-refractivity contribution in [1.82, 2.24) is 0 Å². The Balaban J connectivity index is 2.03. The van der Waals surface area contributed by atoms with E-state index in [0.717, 1.165) is 5.47 Å². The van der Waals surface area contributed by atoms with Crippen LogP contribution in [0.2, 0.25) is 0 Å². The molecule has 2 rings (SSSR count). The van der Waals surface area contributed by atoms with Gasteiger partial charge in [0.05, 0.1) is 11.2 Å². The smallest absolute Gasteiger partial charge is 0.399 e. The molecule has 0 aromatic rings. The molecule has 0 aromatic heterocycles. The summed E-state index contributed by atoms with van der Waals surface area (Å²) in [5.74, 6) is 0. The van der Waals surface area contributed by atoms with E-state index in [1.54, 1.807) is 0 Å². The van der Waals surface area contributed by atoms with Crippen molar-refractivity contribution < 1.29 is 9.31 Å². The number of hydrogen-bond acceptors (Lipinski definition) is 2. The quantitative estimate of drug-likeness (QED) is 0.686. The highest BCUT2D eigenvalue weighted by atomic mass is 16.7. The van der Waals surface area contributed by atoms with Crippen LogP contribution in [0, 0.1) is 0 Å². The van der Waals surface area contributed by atoms with Crippen LogP contribution in [0.5, 0.6) is 0 Å². The van der Waals surface area contributed by atoms with Crippen molar-refractivity contribution in [3.8, 4) is 0 Å². The van der Waals surface area contributed by atoms with Crippen LogP contribution in [-0.2, 0) is 9.31 Å². The van der Waals surface area contributed by atoms with Crippen molar-refractivity contribution >= 4 is 7.12 Å². The first kappa shape index (κ1) is 13.9. The molecule has 2 aliphatic rings. The molecular weight excluding hydrogens is 223 g/mol. The lowest BCUT2D eigenvalue weighted by molar-refractivity contribution is 0.00578. The van der Waals surface area contributed by atoms with Crippen LogP contribution in [0.3, 0.4) is 0 Å². The van der Waals surface area contributed by atoms with Gasteiger partial charge < -0.3 is 9.31 Å². The summed E-state index contributed by atoms with van der Waals surface area (Å²) in [7, 11) is -0.288. The number of allylic oxidation sites excluding steroid dienone is 3. The fraction of sp³-hybridized carbons (Fsp3) is 0.733. The first-order valence-electron chi connectivity index (χ1n) is 7.06. The van der Waals surface area contributed by atoms with Gasteiger partial charge in [0.25, 0.3) is 0 Å².